The Bertz CT molecular complexity index is 1260. The highest BCUT2D eigenvalue weighted by molar-refractivity contribution is 7.89. The molecule has 3 aromatic rings. The van der Waals surface area contributed by atoms with E-state index in [-0.39, 0.29) is 48.2 Å². The van der Waals surface area contributed by atoms with Crippen LogP contribution in [-0.2, 0) is 16.2 Å². The van der Waals surface area contributed by atoms with Crippen molar-refractivity contribution in [3.05, 3.63) is 77.8 Å². The van der Waals surface area contributed by atoms with Gasteiger partial charge >= 0.3 is 6.18 Å². The van der Waals surface area contributed by atoms with Gasteiger partial charge in [-0.25, -0.2) is 12.8 Å². The molecular formula is C22H18F4N2O4S. The van der Waals surface area contributed by atoms with Gasteiger partial charge in [0, 0.05) is 31.7 Å². The van der Waals surface area contributed by atoms with Crippen LogP contribution in [0.25, 0.3) is 11.3 Å². The van der Waals surface area contributed by atoms with Crippen molar-refractivity contribution < 1.29 is 35.2 Å². The predicted molar refractivity (Wildman–Crippen MR) is 110 cm³/mol. The summed E-state index contributed by atoms with van der Waals surface area (Å²) in [5.74, 6) is -0.987. The van der Waals surface area contributed by atoms with Crippen molar-refractivity contribution in [3.63, 3.8) is 0 Å². The molecule has 1 aliphatic heterocycles. The number of hydrogen-bond acceptors (Lipinski definition) is 4. The molecule has 2 heterocycles. The van der Waals surface area contributed by atoms with Crippen LogP contribution >= 0.6 is 0 Å². The van der Waals surface area contributed by atoms with Gasteiger partial charge in [-0.3, -0.25) is 4.79 Å². The number of rotatable bonds is 4. The minimum atomic E-state index is -4.50. The Labute approximate surface area is 187 Å². The molecule has 1 amide bonds. The second-order valence-corrected chi connectivity index (χ2v) is 9.33. The second-order valence-electron chi connectivity index (χ2n) is 7.39. The predicted octanol–water partition coefficient (Wildman–Crippen LogP) is 4.25. The number of alkyl halides is 3. The molecule has 0 unspecified atom stereocenters. The van der Waals surface area contributed by atoms with Gasteiger partial charge in [0.1, 0.15) is 11.6 Å². The number of amides is 1. The van der Waals surface area contributed by atoms with Crippen molar-refractivity contribution in [2.75, 3.05) is 26.2 Å². The fraction of sp³-hybridized carbons (Fsp3) is 0.227. The number of halogens is 4. The van der Waals surface area contributed by atoms with Gasteiger partial charge in [0.05, 0.1) is 10.5 Å². The Hall–Kier alpha value is -3.18. The third-order valence-electron chi connectivity index (χ3n) is 5.27. The lowest BCUT2D eigenvalue weighted by molar-refractivity contribution is -0.137. The molecule has 174 valence electrons. The zero-order valence-electron chi connectivity index (χ0n) is 17.0. The number of furan rings is 1. The number of carbonyl (C=O) groups is 1. The third kappa shape index (κ3) is 4.79. The molecule has 11 heteroatoms. The Morgan fingerprint density at radius 3 is 2.21 bits per heavy atom. The van der Waals surface area contributed by atoms with Gasteiger partial charge in [0.25, 0.3) is 5.91 Å². The van der Waals surface area contributed by atoms with Gasteiger partial charge in [-0.15, -0.1) is 0 Å². The maximum Gasteiger partial charge on any atom is 0.416 e. The van der Waals surface area contributed by atoms with Crippen LogP contribution < -0.4 is 0 Å². The summed E-state index contributed by atoms with van der Waals surface area (Å²) in [6, 6.07) is 11.9. The van der Waals surface area contributed by atoms with Crippen molar-refractivity contribution in [3.8, 4) is 11.3 Å². The molecule has 0 saturated carbocycles. The van der Waals surface area contributed by atoms with E-state index in [1.807, 2.05) is 0 Å². The Balaban J connectivity index is 1.44. The molecule has 1 fully saturated rings. The van der Waals surface area contributed by atoms with E-state index in [9.17, 15) is 30.8 Å². The largest absolute Gasteiger partial charge is 0.451 e. The molecule has 0 aliphatic carbocycles. The summed E-state index contributed by atoms with van der Waals surface area (Å²) >= 11 is 0. The standard InChI is InChI=1S/C22H18F4N2O4S/c23-17-4-6-18(7-5-17)33(30,31)28-12-10-27(11-13-28)21(29)20-9-8-19(32-20)15-2-1-3-16(14-15)22(24,25)26/h1-9,14H,10-13H2. The van der Waals surface area contributed by atoms with Gasteiger partial charge in [0.2, 0.25) is 10.0 Å². The molecule has 1 aromatic heterocycles. The van der Waals surface area contributed by atoms with E-state index in [1.165, 1.54) is 45.6 Å². The maximum absolute atomic E-state index is 13.1. The lowest BCUT2D eigenvalue weighted by Crippen LogP contribution is -2.50. The molecule has 0 atom stereocenters. The summed E-state index contributed by atoms with van der Waals surface area (Å²) in [4.78, 5) is 14.1. The molecule has 2 aromatic carbocycles. The lowest BCUT2D eigenvalue weighted by atomic mass is 10.1. The van der Waals surface area contributed by atoms with E-state index in [2.05, 4.69) is 0 Å². The van der Waals surface area contributed by atoms with Crippen molar-refractivity contribution in [1.82, 2.24) is 9.21 Å². The number of carbonyl (C=O) groups excluding carboxylic acids is 1. The van der Waals surface area contributed by atoms with E-state index in [0.717, 1.165) is 24.3 Å². The number of nitrogens with zero attached hydrogens (tertiary/aromatic N) is 2. The third-order valence-corrected chi connectivity index (χ3v) is 7.18. The Morgan fingerprint density at radius 2 is 1.58 bits per heavy atom. The van der Waals surface area contributed by atoms with Crippen molar-refractivity contribution in [2.45, 2.75) is 11.1 Å². The van der Waals surface area contributed by atoms with Gasteiger partial charge in [-0.05, 0) is 48.5 Å². The number of benzene rings is 2. The van der Waals surface area contributed by atoms with Gasteiger partial charge in [-0.2, -0.15) is 17.5 Å². The molecule has 0 bridgehead atoms. The van der Waals surface area contributed by atoms with Crippen molar-refractivity contribution in [1.29, 1.82) is 0 Å². The second kappa shape index (κ2) is 8.64. The van der Waals surface area contributed by atoms with E-state index >= 15 is 0 Å². The SMILES string of the molecule is O=C(c1ccc(-c2cccc(C(F)(F)F)c2)o1)N1CCN(S(=O)(=O)c2ccc(F)cc2)CC1. The first-order valence-electron chi connectivity index (χ1n) is 9.88. The number of piperazine rings is 1. The van der Waals surface area contributed by atoms with Crippen LogP contribution in [0.2, 0.25) is 0 Å². The lowest BCUT2D eigenvalue weighted by Gasteiger charge is -2.33. The highest BCUT2D eigenvalue weighted by Crippen LogP contribution is 2.33. The first kappa shape index (κ1) is 23.0. The number of sulfonamides is 1. The molecule has 33 heavy (non-hydrogen) atoms. The van der Waals surface area contributed by atoms with Gasteiger partial charge in [-0.1, -0.05) is 12.1 Å². The number of hydrogen-bond donors (Lipinski definition) is 0. The Kier molecular flexibility index (Phi) is 6.02. The van der Waals surface area contributed by atoms with Gasteiger partial charge in [0.15, 0.2) is 5.76 Å². The minimum absolute atomic E-state index is 0.0344. The molecule has 0 radical (unpaired) electrons. The topological polar surface area (TPSA) is 70.8 Å². The highest BCUT2D eigenvalue weighted by Gasteiger charge is 2.32. The van der Waals surface area contributed by atoms with Crippen LogP contribution in [0.15, 0.2) is 70.0 Å². The summed E-state index contributed by atoms with van der Waals surface area (Å²) in [5.41, 5.74) is -0.651. The first-order chi connectivity index (χ1) is 15.6. The van der Waals surface area contributed by atoms with E-state index in [0.29, 0.717) is 0 Å². The maximum atomic E-state index is 13.1. The molecule has 1 saturated heterocycles. The van der Waals surface area contributed by atoms with Crippen LogP contribution in [0.5, 0.6) is 0 Å². The summed E-state index contributed by atoms with van der Waals surface area (Å²) in [5, 5.41) is 0. The molecule has 0 spiro atoms. The van der Waals surface area contributed by atoms with Crippen molar-refractivity contribution in [2.24, 2.45) is 0 Å². The molecule has 4 rings (SSSR count). The highest BCUT2D eigenvalue weighted by atomic mass is 32.2. The Morgan fingerprint density at radius 1 is 0.909 bits per heavy atom. The molecule has 6 nitrogen and oxygen atoms in total. The average Bonchev–Trinajstić information content (AvgIpc) is 3.29. The van der Waals surface area contributed by atoms with E-state index < -0.39 is 33.5 Å². The van der Waals surface area contributed by atoms with Crippen LogP contribution in [0.1, 0.15) is 16.1 Å². The average molecular weight is 482 g/mol. The molecule has 0 N–H and O–H groups in total. The van der Waals surface area contributed by atoms with Crippen LogP contribution in [0.4, 0.5) is 17.6 Å². The summed E-state index contributed by atoms with van der Waals surface area (Å²) in [6.07, 6.45) is -4.50. The summed E-state index contributed by atoms with van der Waals surface area (Å²) in [7, 11) is -3.83. The normalized spacial score (nSPS) is 15.6. The van der Waals surface area contributed by atoms with Crippen molar-refractivity contribution >= 4 is 15.9 Å². The first-order valence-corrected chi connectivity index (χ1v) is 11.3. The van der Waals surface area contributed by atoms with Crippen LogP contribution in [-0.4, -0.2) is 49.7 Å². The monoisotopic (exact) mass is 482 g/mol. The summed E-state index contributed by atoms with van der Waals surface area (Å²) < 4.78 is 84.0. The van der Waals surface area contributed by atoms with Crippen LogP contribution in [0, 0.1) is 5.82 Å². The smallest absolute Gasteiger partial charge is 0.416 e. The molecular weight excluding hydrogens is 464 g/mol. The zero-order chi connectivity index (χ0) is 23.8. The zero-order valence-corrected chi connectivity index (χ0v) is 17.9. The fourth-order valence-corrected chi connectivity index (χ4v) is 4.92. The minimum Gasteiger partial charge on any atom is -0.451 e. The molecule has 1 aliphatic rings. The fourth-order valence-electron chi connectivity index (χ4n) is 3.50. The van der Waals surface area contributed by atoms with E-state index in [1.54, 1.807) is 0 Å². The van der Waals surface area contributed by atoms with Gasteiger partial charge < -0.3 is 9.32 Å². The van der Waals surface area contributed by atoms with E-state index in [4.69, 9.17) is 4.42 Å². The summed E-state index contributed by atoms with van der Waals surface area (Å²) in [6.45, 7) is 0.261. The van der Waals surface area contributed by atoms with Crippen LogP contribution in [0.3, 0.4) is 0 Å². The quantitative estimate of drug-likeness (QED) is 0.522.